The van der Waals surface area contributed by atoms with E-state index in [0.29, 0.717) is 12.1 Å². The van der Waals surface area contributed by atoms with Gasteiger partial charge in [0.2, 0.25) is 0 Å². The summed E-state index contributed by atoms with van der Waals surface area (Å²) < 4.78 is 7.31. The SMILES string of the molecule is CNC(=O)c1ccc(/C=C\C(=O)OCCn2c(C)nc3ccccc32)cc1. The van der Waals surface area contributed by atoms with Crippen LogP contribution in [0.4, 0.5) is 0 Å². The first kappa shape index (κ1) is 18.4. The lowest BCUT2D eigenvalue weighted by Crippen LogP contribution is -2.17. The summed E-state index contributed by atoms with van der Waals surface area (Å²) in [6, 6.07) is 14.8. The Morgan fingerprint density at radius 2 is 1.89 bits per heavy atom. The summed E-state index contributed by atoms with van der Waals surface area (Å²) in [4.78, 5) is 27.9. The molecule has 138 valence electrons. The zero-order chi connectivity index (χ0) is 19.2. The van der Waals surface area contributed by atoms with E-state index in [1.54, 1.807) is 37.4 Å². The lowest BCUT2D eigenvalue weighted by Gasteiger charge is -2.07. The minimum Gasteiger partial charge on any atom is -0.461 e. The highest BCUT2D eigenvalue weighted by molar-refractivity contribution is 5.94. The Morgan fingerprint density at radius 1 is 1.15 bits per heavy atom. The van der Waals surface area contributed by atoms with Crippen molar-refractivity contribution in [3.63, 3.8) is 0 Å². The average Bonchev–Trinajstić information content (AvgIpc) is 3.01. The van der Waals surface area contributed by atoms with Gasteiger partial charge in [-0.2, -0.15) is 0 Å². The average molecular weight is 363 g/mol. The van der Waals surface area contributed by atoms with E-state index < -0.39 is 5.97 Å². The fraction of sp³-hybridized carbons (Fsp3) is 0.190. The number of fused-ring (bicyclic) bond motifs is 1. The maximum atomic E-state index is 11.9. The van der Waals surface area contributed by atoms with Gasteiger partial charge in [0.1, 0.15) is 12.4 Å². The number of carbonyl (C=O) groups excluding carboxylic acids is 2. The number of rotatable bonds is 6. The smallest absolute Gasteiger partial charge is 0.330 e. The summed E-state index contributed by atoms with van der Waals surface area (Å²) in [6.07, 6.45) is 3.04. The van der Waals surface area contributed by atoms with Gasteiger partial charge in [-0.1, -0.05) is 24.3 Å². The molecule has 0 aliphatic rings. The number of aromatic nitrogens is 2. The predicted molar refractivity (Wildman–Crippen MR) is 104 cm³/mol. The highest BCUT2D eigenvalue weighted by atomic mass is 16.5. The van der Waals surface area contributed by atoms with Gasteiger partial charge in [-0.25, -0.2) is 9.78 Å². The molecule has 3 rings (SSSR count). The van der Waals surface area contributed by atoms with Crippen molar-refractivity contribution in [3.05, 3.63) is 71.6 Å². The van der Waals surface area contributed by atoms with E-state index >= 15 is 0 Å². The summed E-state index contributed by atoms with van der Waals surface area (Å²) in [5.74, 6) is 0.332. The minimum absolute atomic E-state index is 0.146. The van der Waals surface area contributed by atoms with E-state index in [-0.39, 0.29) is 12.5 Å². The summed E-state index contributed by atoms with van der Waals surface area (Å²) in [5.41, 5.74) is 3.34. The molecule has 0 bridgehead atoms. The Hall–Kier alpha value is -3.41. The Morgan fingerprint density at radius 3 is 2.63 bits per heavy atom. The molecule has 0 saturated heterocycles. The number of carbonyl (C=O) groups is 2. The van der Waals surface area contributed by atoms with Crippen LogP contribution in [0.2, 0.25) is 0 Å². The number of para-hydroxylation sites is 2. The van der Waals surface area contributed by atoms with Gasteiger partial charge < -0.3 is 14.6 Å². The molecule has 0 saturated carbocycles. The molecule has 1 N–H and O–H groups in total. The Bertz CT molecular complexity index is 988. The number of hydrogen-bond donors (Lipinski definition) is 1. The van der Waals surface area contributed by atoms with Gasteiger partial charge in [0, 0.05) is 18.7 Å². The molecule has 0 spiro atoms. The van der Waals surface area contributed by atoms with E-state index in [4.69, 9.17) is 4.74 Å². The van der Waals surface area contributed by atoms with Gasteiger partial charge in [-0.05, 0) is 42.8 Å². The quantitative estimate of drug-likeness (QED) is 0.540. The van der Waals surface area contributed by atoms with Gasteiger partial charge in [-0.3, -0.25) is 4.79 Å². The first-order valence-corrected chi connectivity index (χ1v) is 8.67. The van der Waals surface area contributed by atoms with Crippen LogP contribution >= 0.6 is 0 Å². The zero-order valence-corrected chi connectivity index (χ0v) is 15.3. The molecule has 2 aromatic carbocycles. The van der Waals surface area contributed by atoms with Crippen LogP contribution in [0.3, 0.4) is 0 Å². The molecule has 0 radical (unpaired) electrons. The highest BCUT2D eigenvalue weighted by Crippen LogP contribution is 2.15. The molecular formula is C21H21N3O3. The normalized spacial score (nSPS) is 11.0. The van der Waals surface area contributed by atoms with Gasteiger partial charge in [0.05, 0.1) is 17.6 Å². The van der Waals surface area contributed by atoms with Crippen LogP contribution in [-0.4, -0.2) is 35.1 Å². The van der Waals surface area contributed by atoms with Crippen LogP contribution in [0, 0.1) is 6.92 Å². The largest absolute Gasteiger partial charge is 0.461 e. The predicted octanol–water partition coefficient (Wildman–Crippen LogP) is 2.96. The second-order valence-corrected chi connectivity index (χ2v) is 6.00. The number of esters is 1. The number of benzene rings is 2. The van der Waals surface area contributed by atoms with Crippen molar-refractivity contribution in [1.82, 2.24) is 14.9 Å². The number of imidazole rings is 1. The van der Waals surface area contributed by atoms with E-state index in [0.717, 1.165) is 22.4 Å². The van der Waals surface area contributed by atoms with E-state index in [1.807, 2.05) is 35.8 Å². The van der Waals surface area contributed by atoms with E-state index in [9.17, 15) is 9.59 Å². The summed E-state index contributed by atoms with van der Waals surface area (Å²) in [6.45, 7) is 2.75. The summed E-state index contributed by atoms with van der Waals surface area (Å²) >= 11 is 0. The first-order valence-electron chi connectivity index (χ1n) is 8.67. The topological polar surface area (TPSA) is 73.2 Å². The molecule has 1 heterocycles. The lowest BCUT2D eigenvalue weighted by atomic mass is 10.1. The number of hydrogen-bond acceptors (Lipinski definition) is 4. The van der Waals surface area contributed by atoms with Crippen molar-refractivity contribution in [2.24, 2.45) is 0 Å². The number of nitrogens with one attached hydrogen (secondary N) is 1. The fourth-order valence-electron chi connectivity index (χ4n) is 2.82. The Labute approximate surface area is 157 Å². The maximum absolute atomic E-state index is 11.9. The molecule has 0 aliphatic carbocycles. The molecule has 3 aromatic rings. The lowest BCUT2D eigenvalue weighted by molar-refractivity contribution is -0.137. The van der Waals surface area contributed by atoms with Gasteiger partial charge in [-0.15, -0.1) is 0 Å². The van der Waals surface area contributed by atoms with Gasteiger partial charge in [0.15, 0.2) is 0 Å². The molecule has 0 fully saturated rings. The Balaban J connectivity index is 1.54. The summed E-state index contributed by atoms with van der Waals surface area (Å²) in [5, 5.41) is 2.56. The van der Waals surface area contributed by atoms with Crippen molar-refractivity contribution in [2.45, 2.75) is 13.5 Å². The third-order valence-electron chi connectivity index (χ3n) is 4.22. The second kappa shape index (κ2) is 8.31. The monoisotopic (exact) mass is 363 g/mol. The Kier molecular flexibility index (Phi) is 5.66. The molecule has 27 heavy (non-hydrogen) atoms. The standard InChI is InChI=1S/C21H21N3O3/c1-15-23-18-5-3-4-6-19(18)24(15)13-14-27-20(25)12-9-16-7-10-17(11-8-16)21(26)22-2/h3-12H,13-14H2,1-2H3,(H,22,26)/b12-9-. The molecule has 0 atom stereocenters. The third-order valence-corrected chi connectivity index (χ3v) is 4.22. The third kappa shape index (κ3) is 4.41. The summed E-state index contributed by atoms with van der Waals surface area (Å²) in [7, 11) is 1.58. The van der Waals surface area contributed by atoms with Crippen molar-refractivity contribution in [1.29, 1.82) is 0 Å². The highest BCUT2D eigenvalue weighted by Gasteiger charge is 2.07. The van der Waals surface area contributed by atoms with E-state index in [1.165, 1.54) is 6.08 Å². The molecule has 6 nitrogen and oxygen atoms in total. The van der Waals surface area contributed by atoms with Crippen molar-refractivity contribution in [2.75, 3.05) is 13.7 Å². The second-order valence-electron chi connectivity index (χ2n) is 6.00. The number of aryl methyl sites for hydroxylation is 1. The number of amides is 1. The molecule has 6 heteroatoms. The zero-order valence-electron chi connectivity index (χ0n) is 15.3. The van der Waals surface area contributed by atoms with Crippen LogP contribution in [0.15, 0.2) is 54.6 Å². The van der Waals surface area contributed by atoms with Crippen LogP contribution < -0.4 is 5.32 Å². The molecular weight excluding hydrogens is 342 g/mol. The molecule has 1 amide bonds. The maximum Gasteiger partial charge on any atom is 0.330 e. The van der Waals surface area contributed by atoms with Gasteiger partial charge >= 0.3 is 5.97 Å². The molecule has 0 unspecified atom stereocenters. The molecule has 0 aliphatic heterocycles. The van der Waals surface area contributed by atoms with Crippen molar-refractivity contribution in [3.8, 4) is 0 Å². The number of nitrogens with zero attached hydrogens (tertiary/aromatic N) is 2. The minimum atomic E-state index is -0.410. The van der Waals surface area contributed by atoms with Crippen LogP contribution in [-0.2, 0) is 16.1 Å². The first-order chi connectivity index (χ1) is 13.1. The van der Waals surface area contributed by atoms with Crippen molar-refractivity contribution >= 4 is 29.0 Å². The van der Waals surface area contributed by atoms with Crippen molar-refractivity contribution < 1.29 is 14.3 Å². The number of ether oxygens (including phenoxy) is 1. The fourth-order valence-corrected chi connectivity index (χ4v) is 2.82. The molecule has 1 aromatic heterocycles. The van der Waals surface area contributed by atoms with E-state index in [2.05, 4.69) is 10.3 Å². The van der Waals surface area contributed by atoms with Crippen LogP contribution in [0.5, 0.6) is 0 Å². The van der Waals surface area contributed by atoms with Gasteiger partial charge in [0.25, 0.3) is 5.91 Å². The van der Waals surface area contributed by atoms with Crippen LogP contribution in [0.25, 0.3) is 17.1 Å². The van der Waals surface area contributed by atoms with Crippen LogP contribution in [0.1, 0.15) is 21.7 Å².